The molecule has 1 fully saturated rings. The van der Waals surface area contributed by atoms with E-state index in [1.54, 1.807) is 0 Å². The molecule has 1 atom stereocenters. The van der Waals surface area contributed by atoms with Crippen molar-refractivity contribution in [3.05, 3.63) is 23.8 Å². The highest BCUT2D eigenvalue weighted by molar-refractivity contribution is 5.59. The lowest BCUT2D eigenvalue weighted by Gasteiger charge is -2.26. The number of rotatable bonds is 1. The molecule has 94 valence electrons. The summed E-state index contributed by atoms with van der Waals surface area (Å²) in [7, 11) is 0. The predicted octanol–water partition coefficient (Wildman–Crippen LogP) is 2.32. The smallest absolute Gasteiger partial charge is 0.0637 e. The highest BCUT2D eigenvalue weighted by atomic mass is 16.3. The fourth-order valence-corrected chi connectivity index (χ4v) is 2.54. The van der Waals surface area contributed by atoms with Crippen molar-refractivity contribution in [2.75, 3.05) is 23.7 Å². The van der Waals surface area contributed by atoms with Gasteiger partial charge in [-0.15, -0.1) is 0 Å². The summed E-state index contributed by atoms with van der Waals surface area (Å²) in [5, 5.41) is 10.1. The molecule has 1 aromatic rings. The van der Waals surface area contributed by atoms with Gasteiger partial charge in [0.1, 0.15) is 0 Å². The average Bonchev–Trinajstić information content (AvgIpc) is 2.40. The van der Waals surface area contributed by atoms with E-state index >= 15 is 0 Å². The van der Waals surface area contributed by atoms with Gasteiger partial charge in [-0.3, -0.25) is 0 Å². The summed E-state index contributed by atoms with van der Waals surface area (Å²) in [6, 6.07) is 6.05. The minimum absolute atomic E-state index is 0.504. The van der Waals surface area contributed by atoms with Crippen LogP contribution in [0.5, 0.6) is 0 Å². The molecule has 17 heavy (non-hydrogen) atoms. The van der Waals surface area contributed by atoms with Crippen molar-refractivity contribution < 1.29 is 5.11 Å². The number of aryl methyl sites for hydroxylation is 1. The summed E-state index contributed by atoms with van der Waals surface area (Å²) in [5.41, 5.74) is 8.54. The second-order valence-corrected chi connectivity index (χ2v) is 5.38. The summed E-state index contributed by atoms with van der Waals surface area (Å²) >= 11 is 0. The first-order valence-electron chi connectivity index (χ1n) is 6.31. The molecule has 0 spiro atoms. The fourth-order valence-electron chi connectivity index (χ4n) is 2.54. The van der Waals surface area contributed by atoms with Gasteiger partial charge in [-0.1, -0.05) is 0 Å². The molecule has 0 radical (unpaired) electrons. The van der Waals surface area contributed by atoms with Crippen molar-refractivity contribution in [2.24, 2.45) is 0 Å². The SMILES string of the molecule is Cc1cc(N)ccc1N1CCCC(C)(O)CC1. The highest BCUT2D eigenvalue weighted by Crippen LogP contribution is 2.28. The standard InChI is InChI=1S/C14H22N2O/c1-11-10-12(15)4-5-13(11)16-8-3-6-14(2,17)7-9-16/h4-5,10,17H,3,6-9,15H2,1-2H3. The number of anilines is 2. The van der Waals surface area contributed by atoms with Crippen LogP contribution in [-0.2, 0) is 0 Å². The molecule has 1 saturated heterocycles. The normalized spacial score (nSPS) is 25.7. The topological polar surface area (TPSA) is 49.5 Å². The maximum Gasteiger partial charge on any atom is 0.0637 e. The monoisotopic (exact) mass is 234 g/mol. The van der Waals surface area contributed by atoms with Crippen LogP contribution in [0.25, 0.3) is 0 Å². The third kappa shape index (κ3) is 2.91. The van der Waals surface area contributed by atoms with Crippen molar-refractivity contribution >= 4 is 11.4 Å². The molecule has 0 aliphatic carbocycles. The summed E-state index contributed by atoms with van der Waals surface area (Å²) in [6.45, 7) is 5.96. The number of nitrogens with zero attached hydrogens (tertiary/aromatic N) is 1. The maximum absolute atomic E-state index is 10.1. The van der Waals surface area contributed by atoms with Gasteiger partial charge in [0.2, 0.25) is 0 Å². The van der Waals surface area contributed by atoms with Crippen molar-refractivity contribution in [3.63, 3.8) is 0 Å². The van der Waals surface area contributed by atoms with E-state index in [2.05, 4.69) is 17.9 Å². The molecule has 3 N–H and O–H groups in total. The number of nitrogen functional groups attached to an aromatic ring is 1. The van der Waals surface area contributed by atoms with Crippen LogP contribution in [-0.4, -0.2) is 23.8 Å². The molecule has 3 nitrogen and oxygen atoms in total. The van der Waals surface area contributed by atoms with E-state index in [4.69, 9.17) is 5.73 Å². The zero-order valence-corrected chi connectivity index (χ0v) is 10.7. The Kier molecular flexibility index (Phi) is 3.29. The van der Waals surface area contributed by atoms with Crippen LogP contribution < -0.4 is 10.6 Å². The first-order chi connectivity index (χ1) is 7.98. The predicted molar refractivity (Wildman–Crippen MR) is 72.3 cm³/mol. The Morgan fingerprint density at radius 1 is 1.29 bits per heavy atom. The Morgan fingerprint density at radius 3 is 2.76 bits per heavy atom. The number of benzene rings is 1. The molecule has 1 unspecified atom stereocenters. The van der Waals surface area contributed by atoms with E-state index < -0.39 is 5.60 Å². The van der Waals surface area contributed by atoms with E-state index in [1.807, 2.05) is 19.1 Å². The zero-order valence-electron chi connectivity index (χ0n) is 10.7. The summed E-state index contributed by atoms with van der Waals surface area (Å²) in [6.07, 6.45) is 2.76. The van der Waals surface area contributed by atoms with Crippen molar-refractivity contribution in [2.45, 2.75) is 38.7 Å². The molecule has 0 amide bonds. The third-order valence-electron chi connectivity index (χ3n) is 3.63. The molecular formula is C14H22N2O. The summed E-state index contributed by atoms with van der Waals surface area (Å²) < 4.78 is 0. The lowest BCUT2D eigenvalue weighted by molar-refractivity contribution is 0.0481. The summed E-state index contributed by atoms with van der Waals surface area (Å²) in [5.74, 6) is 0. The van der Waals surface area contributed by atoms with Gasteiger partial charge in [0.05, 0.1) is 5.60 Å². The van der Waals surface area contributed by atoms with Crippen LogP contribution in [0.15, 0.2) is 18.2 Å². The van der Waals surface area contributed by atoms with Crippen LogP contribution in [0.4, 0.5) is 11.4 Å². The second kappa shape index (κ2) is 4.57. The molecule has 1 aliphatic rings. The first-order valence-corrected chi connectivity index (χ1v) is 6.31. The van der Waals surface area contributed by atoms with Gasteiger partial charge in [-0.25, -0.2) is 0 Å². The van der Waals surface area contributed by atoms with Gasteiger partial charge in [0.15, 0.2) is 0 Å². The maximum atomic E-state index is 10.1. The van der Waals surface area contributed by atoms with E-state index in [0.717, 1.165) is 38.0 Å². The highest BCUT2D eigenvalue weighted by Gasteiger charge is 2.25. The zero-order chi connectivity index (χ0) is 12.5. The summed E-state index contributed by atoms with van der Waals surface area (Å²) in [4.78, 5) is 2.36. The molecule has 1 aliphatic heterocycles. The molecule has 0 saturated carbocycles. The number of aliphatic hydroxyl groups is 1. The average molecular weight is 234 g/mol. The molecule has 0 bridgehead atoms. The third-order valence-corrected chi connectivity index (χ3v) is 3.63. The molecule has 3 heteroatoms. The Morgan fingerprint density at radius 2 is 2.06 bits per heavy atom. The van der Waals surface area contributed by atoms with E-state index in [1.165, 1.54) is 11.3 Å². The van der Waals surface area contributed by atoms with Gasteiger partial charge in [0.25, 0.3) is 0 Å². The quantitative estimate of drug-likeness (QED) is 0.733. The minimum atomic E-state index is -0.504. The van der Waals surface area contributed by atoms with Gasteiger partial charge in [-0.05, 0) is 56.9 Å². The molecular weight excluding hydrogens is 212 g/mol. The molecule has 0 aromatic heterocycles. The number of hydrogen-bond acceptors (Lipinski definition) is 3. The Balaban J connectivity index is 2.17. The second-order valence-electron chi connectivity index (χ2n) is 5.38. The van der Waals surface area contributed by atoms with Crippen molar-refractivity contribution in [3.8, 4) is 0 Å². The van der Waals surface area contributed by atoms with Crippen LogP contribution in [0.3, 0.4) is 0 Å². The Hall–Kier alpha value is -1.22. The van der Waals surface area contributed by atoms with Crippen LogP contribution >= 0.6 is 0 Å². The van der Waals surface area contributed by atoms with Gasteiger partial charge in [-0.2, -0.15) is 0 Å². The van der Waals surface area contributed by atoms with Gasteiger partial charge in [0, 0.05) is 24.5 Å². The first kappa shape index (κ1) is 12.2. The molecule has 1 heterocycles. The number of nitrogens with two attached hydrogens (primary N) is 1. The minimum Gasteiger partial charge on any atom is -0.399 e. The van der Waals surface area contributed by atoms with Crippen LogP contribution in [0.1, 0.15) is 31.7 Å². The Labute approximate surface area is 103 Å². The lowest BCUT2D eigenvalue weighted by Crippen LogP contribution is -2.28. The van der Waals surface area contributed by atoms with E-state index in [-0.39, 0.29) is 0 Å². The van der Waals surface area contributed by atoms with Crippen LogP contribution in [0.2, 0.25) is 0 Å². The fraction of sp³-hybridized carbons (Fsp3) is 0.571. The van der Waals surface area contributed by atoms with Crippen LogP contribution in [0, 0.1) is 6.92 Å². The Bertz CT molecular complexity index is 401. The van der Waals surface area contributed by atoms with E-state index in [9.17, 15) is 5.11 Å². The molecule has 1 aromatic carbocycles. The largest absolute Gasteiger partial charge is 0.399 e. The number of hydrogen-bond donors (Lipinski definition) is 2. The lowest BCUT2D eigenvalue weighted by atomic mass is 9.98. The van der Waals surface area contributed by atoms with Crippen molar-refractivity contribution in [1.82, 2.24) is 0 Å². The van der Waals surface area contributed by atoms with E-state index in [0.29, 0.717) is 0 Å². The van der Waals surface area contributed by atoms with Gasteiger partial charge >= 0.3 is 0 Å². The van der Waals surface area contributed by atoms with Crippen molar-refractivity contribution in [1.29, 1.82) is 0 Å². The molecule has 2 rings (SSSR count). The van der Waals surface area contributed by atoms with Gasteiger partial charge < -0.3 is 15.7 Å².